The predicted octanol–water partition coefficient (Wildman–Crippen LogP) is 2.21. The van der Waals surface area contributed by atoms with Crippen LogP contribution in [-0.4, -0.2) is 16.8 Å². The first-order valence-corrected chi connectivity index (χ1v) is 9.84. The molecule has 0 spiro atoms. The molecule has 2 aromatic rings. The minimum atomic E-state index is -3.86. The van der Waals surface area contributed by atoms with Crippen LogP contribution < -0.4 is 9.86 Å². The summed E-state index contributed by atoms with van der Waals surface area (Å²) >= 11 is 3.33. The normalized spacial score (nSPS) is 12.1. The fourth-order valence-electron chi connectivity index (χ4n) is 1.68. The number of sulfonamides is 2. The zero-order valence-corrected chi connectivity index (χ0v) is 14.7. The molecule has 0 atom stereocenters. The van der Waals surface area contributed by atoms with Crippen molar-refractivity contribution in [1.82, 2.24) is 0 Å². The second kappa shape index (κ2) is 5.99. The van der Waals surface area contributed by atoms with E-state index < -0.39 is 20.0 Å². The van der Waals surface area contributed by atoms with E-state index in [0.717, 1.165) is 22.2 Å². The van der Waals surface area contributed by atoms with E-state index in [1.165, 1.54) is 12.1 Å². The van der Waals surface area contributed by atoms with Gasteiger partial charge in [0.25, 0.3) is 10.0 Å². The maximum Gasteiger partial charge on any atom is 0.261 e. The Balaban J connectivity index is 2.32. The second-order valence-corrected chi connectivity index (χ2v) is 8.68. The lowest BCUT2D eigenvalue weighted by Gasteiger charge is -2.09. The minimum Gasteiger partial charge on any atom is -0.280 e. The number of benzene rings is 2. The Morgan fingerprint density at radius 2 is 1.50 bits per heavy atom. The molecule has 118 valence electrons. The van der Waals surface area contributed by atoms with E-state index in [-0.39, 0.29) is 9.79 Å². The van der Waals surface area contributed by atoms with Gasteiger partial charge in [-0.2, -0.15) is 0 Å². The van der Waals surface area contributed by atoms with Crippen molar-refractivity contribution in [2.75, 3.05) is 4.72 Å². The summed E-state index contributed by atoms with van der Waals surface area (Å²) < 4.78 is 50.0. The SMILES string of the molecule is Cc1ccc(NS(=O)(=O)c2ccc(S(N)(=O)=O)cc2)cc1Br. The number of hydrogen-bond donors (Lipinski definition) is 2. The van der Waals surface area contributed by atoms with Crippen molar-refractivity contribution in [3.8, 4) is 0 Å². The molecule has 0 unspecified atom stereocenters. The molecule has 0 fully saturated rings. The van der Waals surface area contributed by atoms with Gasteiger partial charge in [-0.3, -0.25) is 4.72 Å². The lowest BCUT2D eigenvalue weighted by atomic mass is 10.2. The first kappa shape index (κ1) is 16.9. The van der Waals surface area contributed by atoms with Gasteiger partial charge in [-0.05, 0) is 48.9 Å². The lowest BCUT2D eigenvalue weighted by molar-refractivity contribution is 0.595. The Kier molecular flexibility index (Phi) is 4.62. The average Bonchev–Trinajstić information content (AvgIpc) is 2.42. The molecule has 0 radical (unpaired) electrons. The summed E-state index contributed by atoms with van der Waals surface area (Å²) in [5, 5.41) is 4.97. The Bertz CT molecular complexity index is 908. The Labute approximate surface area is 137 Å². The summed E-state index contributed by atoms with van der Waals surface area (Å²) in [6, 6.07) is 9.72. The molecule has 9 heteroatoms. The smallest absolute Gasteiger partial charge is 0.261 e. The third-order valence-electron chi connectivity index (χ3n) is 2.89. The van der Waals surface area contributed by atoms with Crippen molar-refractivity contribution in [3.05, 3.63) is 52.5 Å². The van der Waals surface area contributed by atoms with Gasteiger partial charge in [0.05, 0.1) is 9.79 Å². The van der Waals surface area contributed by atoms with Crippen molar-refractivity contribution in [3.63, 3.8) is 0 Å². The molecule has 22 heavy (non-hydrogen) atoms. The number of rotatable bonds is 4. The van der Waals surface area contributed by atoms with Gasteiger partial charge in [0.1, 0.15) is 0 Å². The third-order valence-corrected chi connectivity index (χ3v) is 6.07. The van der Waals surface area contributed by atoms with Gasteiger partial charge in [-0.15, -0.1) is 0 Å². The summed E-state index contributed by atoms with van der Waals surface area (Å²) in [4.78, 5) is -0.207. The largest absolute Gasteiger partial charge is 0.280 e. The zero-order chi connectivity index (χ0) is 16.5. The van der Waals surface area contributed by atoms with Gasteiger partial charge in [-0.25, -0.2) is 22.0 Å². The molecule has 3 N–H and O–H groups in total. The zero-order valence-electron chi connectivity index (χ0n) is 11.4. The molecule has 0 heterocycles. The summed E-state index contributed by atoms with van der Waals surface area (Å²) in [6.45, 7) is 1.88. The second-order valence-electron chi connectivity index (χ2n) is 4.59. The highest BCUT2D eigenvalue weighted by atomic mass is 79.9. The molecule has 0 saturated heterocycles. The van der Waals surface area contributed by atoms with Crippen LogP contribution in [0, 0.1) is 6.92 Å². The van der Waals surface area contributed by atoms with E-state index in [1.54, 1.807) is 18.2 Å². The van der Waals surface area contributed by atoms with E-state index in [2.05, 4.69) is 20.7 Å². The van der Waals surface area contributed by atoms with Crippen molar-refractivity contribution in [2.24, 2.45) is 5.14 Å². The van der Waals surface area contributed by atoms with Crippen LogP contribution in [0.5, 0.6) is 0 Å². The molecule has 0 aliphatic carbocycles. The monoisotopic (exact) mass is 404 g/mol. The molecule has 6 nitrogen and oxygen atoms in total. The molecule has 2 rings (SSSR count). The topological polar surface area (TPSA) is 106 Å². The summed E-state index contributed by atoms with van der Waals surface area (Å²) in [6.07, 6.45) is 0. The quantitative estimate of drug-likeness (QED) is 0.813. The molecule has 0 bridgehead atoms. The number of nitrogens with two attached hydrogens (primary N) is 1. The van der Waals surface area contributed by atoms with Gasteiger partial charge in [0.15, 0.2) is 0 Å². The molecule has 0 saturated carbocycles. The van der Waals surface area contributed by atoms with E-state index in [4.69, 9.17) is 5.14 Å². The average molecular weight is 405 g/mol. The number of halogens is 1. The molecular weight excluding hydrogens is 392 g/mol. The van der Waals surface area contributed by atoms with Crippen LogP contribution in [0.1, 0.15) is 5.56 Å². The number of anilines is 1. The van der Waals surface area contributed by atoms with Crippen molar-refractivity contribution < 1.29 is 16.8 Å². The highest BCUT2D eigenvalue weighted by molar-refractivity contribution is 9.10. The molecule has 0 aliphatic heterocycles. The Morgan fingerprint density at radius 1 is 0.955 bits per heavy atom. The van der Waals surface area contributed by atoms with Crippen LogP contribution in [-0.2, 0) is 20.0 Å². The van der Waals surface area contributed by atoms with Gasteiger partial charge in [0, 0.05) is 10.2 Å². The van der Waals surface area contributed by atoms with Gasteiger partial charge in [-0.1, -0.05) is 22.0 Å². The van der Waals surface area contributed by atoms with Gasteiger partial charge in [0.2, 0.25) is 10.0 Å². The van der Waals surface area contributed by atoms with Crippen LogP contribution in [0.2, 0.25) is 0 Å². The summed E-state index contributed by atoms with van der Waals surface area (Å²) in [5.74, 6) is 0. The summed E-state index contributed by atoms with van der Waals surface area (Å²) in [7, 11) is -7.67. The van der Waals surface area contributed by atoms with Crippen LogP contribution in [0.25, 0.3) is 0 Å². The van der Waals surface area contributed by atoms with Crippen molar-refractivity contribution in [2.45, 2.75) is 16.7 Å². The van der Waals surface area contributed by atoms with E-state index in [9.17, 15) is 16.8 Å². The Hall–Kier alpha value is -1.42. The van der Waals surface area contributed by atoms with Crippen molar-refractivity contribution >= 4 is 41.7 Å². The fraction of sp³-hybridized carbons (Fsp3) is 0.0769. The molecular formula is C13H13BrN2O4S2. The highest BCUT2D eigenvalue weighted by Crippen LogP contribution is 2.23. The fourth-order valence-corrected chi connectivity index (χ4v) is 3.62. The number of aryl methyl sites for hydroxylation is 1. The lowest BCUT2D eigenvalue weighted by Crippen LogP contribution is -2.15. The van der Waals surface area contributed by atoms with Crippen LogP contribution in [0.15, 0.2) is 56.7 Å². The van der Waals surface area contributed by atoms with E-state index in [1.807, 2.05) is 6.92 Å². The van der Waals surface area contributed by atoms with E-state index in [0.29, 0.717) is 5.69 Å². The van der Waals surface area contributed by atoms with Gasteiger partial charge < -0.3 is 0 Å². The summed E-state index contributed by atoms with van der Waals surface area (Å²) in [5.41, 5.74) is 1.37. The maximum atomic E-state index is 12.3. The molecule has 0 aliphatic rings. The molecule has 0 amide bonds. The van der Waals surface area contributed by atoms with Crippen LogP contribution >= 0.6 is 15.9 Å². The number of primary sulfonamides is 1. The van der Waals surface area contributed by atoms with Crippen molar-refractivity contribution in [1.29, 1.82) is 0 Å². The molecule has 2 aromatic carbocycles. The standard InChI is InChI=1S/C13H13BrN2O4S2/c1-9-2-3-10(8-13(9)14)16-22(19,20)12-6-4-11(5-7-12)21(15,17)18/h2-8,16H,1H3,(H2,15,17,18). The first-order valence-electron chi connectivity index (χ1n) is 6.01. The Morgan fingerprint density at radius 3 is 2.00 bits per heavy atom. The minimum absolute atomic E-state index is 0.0587. The van der Waals surface area contributed by atoms with Crippen LogP contribution in [0.4, 0.5) is 5.69 Å². The first-order chi connectivity index (χ1) is 10.1. The number of hydrogen-bond acceptors (Lipinski definition) is 4. The highest BCUT2D eigenvalue weighted by Gasteiger charge is 2.16. The maximum absolute atomic E-state index is 12.3. The van der Waals surface area contributed by atoms with Crippen LogP contribution in [0.3, 0.4) is 0 Å². The van der Waals surface area contributed by atoms with Gasteiger partial charge >= 0.3 is 0 Å². The molecule has 0 aromatic heterocycles. The van der Waals surface area contributed by atoms with E-state index >= 15 is 0 Å². The third kappa shape index (κ3) is 3.86. The number of nitrogens with one attached hydrogen (secondary N) is 1. The predicted molar refractivity (Wildman–Crippen MR) is 87.5 cm³/mol.